The molecule has 2 N–H and O–H groups in total. The van der Waals surface area contributed by atoms with E-state index in [1.165, 1.54) is 24.0 Å². The molecule has 2 unspecified atom stereocenters. The first-order chi connectivity index (χ1) is 18.1. The average Bonchev–Trinajstić information content (AvgIpc) is 2.98. The van der Waals surface area contributed by atoms with Gasteiger partial charge >= 0.3 is 5.97 Å². The van der Waals surface area contributed by atoms with Crippen molar-refractivity contribution in [3.05, 3.63) is 91.2 Å². The molecule has 1 aliphatic rings. The molecule has 0 aliphatic carbocycles. The van der Waals surface area contributed by atoms with Crippen molar-refractivity contribution in [1.82, 2.24) is 44.8 Å². The zero-order chi connectivity index (χ0) is 25.8. The van der Waals surface area contributed by atoms with E-state index in [4.69, 9.17) is 10.5 Å². The van der Waals surface area contributed by atoms with Gasteiger partial charge in [-0.1, -0.05) is 0 Å². The minimum atomic E-state index is -1.81. The van der Waals surface area contributed by atoms with Crippen LogP contribution in [0.4, 0.5) is 11.9 Å². The summed E-state index contributed by atoms with van der Waals surface area (Å²) in [6, 6.07) is 5.76. The van der Waals surface area contributed by atoms with Crippen molar-refractivity contribution in [2.24, 2.45) is 5.73 Å². The molecule has 14 nitrogen and oxygen atoms in total. The van der Waals surface area contributed by atoms with Crippen LogP contribution >= 0.6 is 0 Å². The van der Waals surface area contributed by atoms with Gasteiger partial charge in [-0.2, -0.15) is 0 Å². The summed E-state index contributed by atoms with van der Waals surface area (Å²) in [6.45, 7) is 0. The van der Waals surface area contributed by atoms with Gasteiger partial charge in [0.05, 0.1) is 5.70 Å². The van der Waals surface area contributed by atoms with Gasteiger partial charge in [0.25, 0.3) is 0 Å². The number of carbonyl (C=O) groups excluding carboxylic acids is 1. The maximum Gasteiger partial charge on any atom is 0.321 e. The molecule has 186 valence electrons. The molecular weight excluding hydrogens is 476 g/mol. The van der Waals surface area contributed by atoms with E-state index in [2.05, 4.69) is 39.9 Å². The summed E-state index contributed by atoms with van der Waals surface area (Å²) in [5.41, 5.74) is 7.43. The SMILES string of the molecule is COC1(N(C)C=O)N(c2ncccn2)C(c2ncccn2)=C(N)C(c2ncccn2)N1c1ncccn1. The van der Waals surface area contributed by atoms with Gasteiger partial charge in [0.2, 0.25) is 18.3 Å². The summed E-state index contributed by atoms with van der Waals surface area (Å²) in [6.07, 6.45) is 13.2. The van der Waals surface area contributed by atoms with Crippen molar-refractivity contribution in [1.29, 1.82) is 0 Å². The fourth-order valence-electron chi connectivity index (χ4n) is 4.20. The second-order valence-electron chi connectivity index (χ2n) is 7.68. The lowest BCUT2D eigenvalue weighted by atomic mass is 10.0. The van der Waals surface area contributed by atoms with Gasteiger partial charge in [0, 0.05) is 63.7 Å². The molecule has 0 fully saturated rings. The number of anilines is 2. The Morgan fingerprint density at radius 3 is 1.84 bits per heavy atom. The quantitative estimate of drug-likeness (QED) is 0.278. The Balaban J connectivity index is 1.94. The first-order valence-corrected chi connectivity index (χ1v) is 11.0. The summed E-state index contributed by atoms with van der Waals surface area (Å²) in [5.74, 6) is -0.951. The zero-order valence-corrected chi connectivity index (χ0v) is 19.9. The molecule has 4 aromatic rings. The lowest BCUT2D eigenvalue weighted by molar-refractivity contribution is -0.152. The molecule has 0 saturated heterocycles. The van der Waals surface area contributed by atoms with Crippen LogP contribution in [0.3, 0.4) is 0 Å². The van der Waals surface area contributed by atoms with Crippen LogP contribution in [0.5, 0.6) is 0 Å². The van der Waals surface area contributed by atoms with Gasteiger partial charge in [0.15, 0.2) is 11.6 Å². The second kappa shape index (κ2) is 9.87. The third kappa shape index (κ3) is 3.84. The largest absolute Gasteiger partial charge is 0.398 e. The van der Waals surface area contributed by atoms with E-state index in [0.29, 0.717) is 12.2 Å². The summed E-state index contributed by atoms with van der Waals surface area (Å²) in [5, 5.41) is 0. The first-order valence-electron chi connectivity index (χ1n) is 11.0. The Morgan fingerprint density at radius 1 is 0.838 bits per heavy atom. The van der Waals surface area contributed by atoms with Crippen molar-refractivity contribution in [2.75, 3.05) is 24.0 Å². The highest BCUT2D eigenvalue weighted by molar-refractivity contribution is 5.82. The van der Waals surface area contributed by atoms with Crippen molar-refractivity contribution in [3.63, 3.8) is 0 Å². The predicted octanol–water partition coefficient (Wildman–Crippen LogP) is 0.588. The highest BCUT2D eigenvalue weighted by Gasteiger charge is 2.59. The number of hydrogen-bond acceptors (Lipinski definition) is 13. The number of nitrogens with two attached hydrogens (primary N) is 1. The summed E-state index contributed by atoms with van der Waals surface area (Å²) in [4.78, 5) is 52.5. The van der Waals surface area contributed by atoms with Crippen LogP contribution in [0.15, 0.2) is 79.5 Å². The maximum absolute atomic E-state index is 12.5. The molecule has 1 aliphatic heterocycles. The van der Waals surface area contributed by atoms with Crippen LogP contribution in [0, 0.1) is 0 Å². The Bertz CT molecular complexity index is 1380. The van der Waals surface area contributed by atoms with Gasteiger partial charge in [-0.05, 0) is 24.3 Å². The third-order valence-electron chi connectivity index (χ3n) is 5.67. The van der Waals surface area contributed by atoms with Crippen molar-refractivity contribution in [2.45, 2.75) is 12.0 Å². The van der Waals surface area contributed by atoms with E-state index in [0.717, 1.165) is 0 Å². The maximum atomic E-state index is 12.5. The standard InChI is InChI=1S/C23H22N12O2/c1-33(15-36)23(37-2)34(21-29-11-5-12-30-21)17(19-25-7-3-8-26-19)16(24)18(20-27-9-4-10-28-20)35(23)22-31-13-6-14-32-22/h3-15,17H,24H2,1-2H3. The molecule has 14 heteroatoms. The van der Waals surface area contributed by atoms with Crippen LogP contribution in [0.25, 0.3) is 5.70 Å². The van der Waals surface area contributed by atoms with Gasteiger partial charge in [-0.3, -0.25) is 14.6 Å². The van der Waals surface area contributed by atoms with Crippen LogP contribution < -0.4 is 15.5 Å². The lowest BCUT2D eigenvalue weighted by Crippen LogP contribution is -2.74. The Hall–Kier alpha value is -5.11. The molecular formula is C23H22N12O2. The number of rotatable bonds is 7. The molecule has 0 aromatic carbocycles. The number of hydrogen-bond donors (Lipinski definition) is 1. The van der Waals surface area contributed by atoms with Crippen molar-refractivity contribution < 1.29 is 9.53 Å². The van der Waals surface area contributed by atoms with Crippen molar-refractivity contribution >= 4 is 24.0 Å². The summed E-state index contributed by atoms with van der Waals surface area (Å²) in [7, 11) is 2.97. The molecule has 1 amide bonds. The van der Waals surface area contributed by atoms with E-state index in [1.807, 2.05) is 0 Å². The number of amides is 1. The van der Waals surface area contributed by atoms with E-state index in [9.17, 15) is 4.79 Å². The van der Waals surface area contributed by atoms with Crippen LogP contribution in [-0.2, 0) is 9.53 Å². The van der Waals surface area contributed by atoms with E-state index < -0.39 is 12.0 Å². The summed E-state index contributed by atoms with van der Waals surface area (Å²) >= 11 is 0. The van der Waals surface area contributed by atoms with Gasteiger partial charge in [0.1, 0.15) is 11.7 Å². The third-order valence-corrected chi connectivity index (χ3v) is 5.67. The molecule has 2 atom stereocenters. The number of aromatic nitrogens is 8. The average molecular weight is 499 g/mol. The minimum Gasteiger partial charge on any atom is -0.398 e. The summed E-state index contributed by atoms with van der Waals surface area (Å²) < 4.78 is 6.20. The Morgan fingerprint density at radius 2 is 1.32 bits per heavy atom. The monoisotopic (exact) mass is 498 g/mol. The van der Waals surface area contributed by atoms with E-state index >= 15 is 0 Å². The second-order valence-corrected chi connectivity index (χ2v) is 7.68. The molecule has 0 spiro atoms. The van der Waals surface area contributed by atoms with Crippen LogP contribution in [0.1, 0.15) is 17.7 Å². The predicted molar refractivity (Wildman–Crippen MR) is 131 cm³/mol. The smallest absolute Gasteiger partial charge is 0.321 e. The Labute approximate surface area is 211 Å². The van der Waals surface area contributed by atoms with Gasteiger partial charge in [-0.25, -0.2) is 44.8 Å². The fraction of sp³-hybridized carbons (Fsp3) is 0.174. The van der Waals surface area contributed by atoms with Gasteiger partial charge < -0.3 is 10.5 Å². The van der Waals surface area contributed by atoms with Gasteiger partial charge in [-0.15, -0.1) is 0 Å². The highest BCUT2D eigenvalue weighted by atomic mass is 16.5. The molecule has 5 rings (SSSR count). The van der Waals surface area contributed by atoms with E-state index in [1.54, 1.807) is 78.7 Å². The topological polar surface area (TPSA) is 165 Å². The molecule has 0 radical (unpaired) electrons. The number of ether oxygens (including phenoxy) is 1. The first kappa shape index (κ1) is 23.6. The number of nitrogens with zero attached hydrogens (tertiary/aromatic N) is 11. The van der Waals surface area contributed by atoms with Crippen LogP contribution in [-0.4, -0.2) is 71.3 Å². The molecule has 37 heavy (non-hydrogen) atoms. The van der Waals surface area contributed by atoms with Crippen molar-refractivity contribution in [3.8, 4) is 0 Å². The normalized spacial score (nSPS) is 19.6. The molecule has 4 aromatic heterocycles. The lowest BCUT2D eigenvalue weighted by Gasteiger charge is -2.56. The highest BCUT2D eigenvalue weighted by Crippen LogP contribution is 2.47. The molecule has 0 bridgehead atoms. The minimum absolute atomic E-state index is 0.150. The number of carbonyl (C=O) groups is 1. The zero-order valence-electron chi connectivity index (χ0n) is 19.9. The van der Waals surface area contributed by atoms with Crippen LogP contribution in [0.2, 0.25) is 0 Å². The molecule has 5 heterocycles. The molecule has 0 saturated carbocycles. The van der Waals surface area contributed by atoms with E-state index in [-0.39, 0.29) is 29.1 Å². The number of methoxy groups -OCH3 is 1. The fourth-order valence-corrected chi connectivity index (χ4v) is 4.20. The Kier molecular flexibility index (Phi) is 6.30.